The third kappa shape index (κ3) is 1.54. The summed E-state index contributed by atoms with van der Waals surface area (Å²) in [5.74, 6) is -0.0533. The number of esters is 1. The molecule has 0 aromatic rings. The Bertz CT molecular complexity index is 246. The highest BCUT2D eigenvalue weighted by molar-refractivity contribution is 5.76. The van der Waals surface area contributed by atoms with Crippen LogP contribution in [-0.2, 0) is 9.53 Å². The van der Waals surface area contributed by atoms with Gasteiger partial charge in [0.05, 0.1) is 7.11 Å². The molecule has 3 heteroatoms. The van der Waals surface area contributed by atoms with Crippen molar-refractivity contribution < 1.29 is 9.53 Å². The fraction of sp³-hybridized carbons (Fsp3) is 0.909. The van der Waals surface area contributed by atoms with Crippen LogP contribution in [0.15, 0.2) is 0 Å². The molecule has 80 valence electrons. The second kappa shape index (κ2) is 3.23. The summed E-state index contributed by atoms with van der Waals surface area (Å²) < 4.78 is 4.86. The molecule has 2 rings (SSSR count). The topological polar surface area (TPSA) is 29.5 Å². The lowest BCUT2D eigenvalue weighted by Crippen LogP contribution is -2.41. The molecular formula is C11H19NO2. The lowest BCUT2D eigenvalue weighted by molar-refractivity contribution is -0.146. The van der Waals surface area contributed by atoms with Crippen molar-refractivity contribution in [2.24, 2.45) is 5.41 Å². The molecule has 0 bridgehead atoms. The number of nitrogens with zero attached hydrogens (tertiary/aromatic N) is 1. The Kier molecular flexibility index (Phi) is 2.30. The molecule has 0 N–H and O–H groups in total. The van der Waals surface area contributed by atoms with Gasteiger partial charge in [0, 0.05) is 12.6 Å². The van der Waals surface area contributed by atoms with E-state index in [2.05, 4.69) is 18.7 Å². The molecule has 1 saturated carbocycles. The second-order valence-corrected chi connectivity index (χ2v) is 5.01. The minimum Gasteiger partial charge on any atom is -0.468 e. The van der Waals surface area contributed by atoms with E-state index in [4.69, 9.17) is 4.74 Å². The van der Waals surface area contributed by atoms with E-state index in [1.165, 1.54) is 20.0 Å². The van der Waals surface area contributed by atoms with Crippen molar-refractivity contribution in [2.45, 2.75) is 45.2 Å². The van der Waals surface area contributed by atoms with Crippen molar-refractivity contribution in [1.29, 1.82) is 0 Å². The first kappa shape index (κ1) is 9.97. The van der Waals surface area contributed by atoms with E-state index in [0.717, 1.165) is 13.0 Å². The fourth-order valence-corrected chi connectivity index (χ4v) is 2.53. The summed E-state index contributed by atoms with van der Waals surface area (Å²) >= 11 is 0. The molecule has 3 nitrogen and oxygen atoms in total. The molecule has 1 atom stereocenters. The fourth-order valence-electron chi connectivity index (χ4n) is 2.53. The Balaban J connectivity index is 2.09. The number of carbonyl (C=O) groups is 1. The van der Waals surface area contributed by atoms with Crippen LogP contribution in [0.3, 0.4) is 0 Å². The number of ether oxygens (including phenoxy) is 1. The van der Waals surface area contributed by atoms with Crippen LogP contribution in [0.5, 0.6) is 0 Å². The van der Waals surface area contributed by atoms with E-state index in [-0.39, 0.29) is 12.0 Å². The maximum Gasteiger partial charge on any atom is 0.323 e. The van der Waals surface area contributed by atoms with Crippen molar-refractivity contribution in [3.05, 3.63) is 0 Å². The monoisotopic (exact) mass is 197 g/mol. The van der Waals surface area contributed by atoms with Gasteiger partial charge in [-0.1, -0.05) is 0 Å². The highest BCUT2D eigenvalue weighted by Gasteiger charge is 2.54. The molecular weight excluding hydrogens is 178 g/mol. The van der Waals surface area contributed by atoms with Gasteiger partial charge in [-0.2, -0.15) is 0 Å². The first-order chi connectivity index (χ1) is 6.58. The van der Waals surface area contributed by atoms with Gasteiger partial charge in [0.15, 0.2) is 0 Å². The van der Waals surface area contributed by atoms with Crippen LogP contribution in [-0.4, -0.2) is 36.6 Å². The Labute approximate surface area is 85.4 Å². The Morgan fingerprint density at radius 1 is 1.50 bits per heavy atom. The largest absolute Gasteiger partial charge is 0.468 e. The van der Waals surface area contributed by atoms with Crippen LogP contribution in [0.1, 0.15) is 33.1 Å². The summed E-state index contributed by atoms with van der Waals surface area (Å²) in [5.41, 5.74) is 0.475. The van der Waals surface area contributed by atoms with E-state index >= 15 is 0 Å². The molecule has 14 heavy (non-hydrogen) atoms. The van der Waals surface area contributed by atoms with Crippen LogP contribution in [0.2, 0.25) is 0 Å². The van der Waals surface area contributed by atoms with Crippen molar-refractivity contribution >= 4 is 5.97 Å². The van der Waals surface area contributed by atoms with Crippen molar-refractivity contribution in [3.8, 4) is 0 Å². The summed E-state index contributed by atoms with van der Waals surface area (Å²) in [6, 6.07) is 0.460. The minimum absolute atomic E-state index is 0.0162. The number of methoxy groups -OCH3 is 1. The van der Waals surface area contributed by atoms with Crippen LogP contribution < -0.4 is 0 Å². The van der Waals surface area contributed by atoms with Crippen LogP contribution >= 0.6 is 0 Å². The molecule has 1 saturated heterocycles. The van der Waals surface area contributed by atoms with Gasteiger partial charge < -0.3 is 4.74 Å². The number of hydrogen-bond donors (Lipinski definition) is 0. The van der Waals surface area contributed by atoms with Crippen molar-refractivity contribution in [3.63, 3.8) is 0 Å². The van der Waals surface area contributed by atoms with Gasteiger partial charge in [0.25, 0.3) is 0 Å². The van der Waals surface area contributed by atoms with E-state index in [0.29, 0.717) is 11.5 Å². The molecule has 0 aromatic carbocycles. The lowest BCUT2D eigenvalue weighted by atomic mass is 10.0. The van der Waals surface area contributed by atoms with Crippen molar-refractivity contribution in [1.82, 2.24) is 4.90 Å². The lowest BCUT2D eigenvalue weighted by Gasteiger charge is -2.26. The zero-order chi connectivity index (χ0) is 10.3. The highest BCUT2D eigenvalue weighted by Crippen LogP contribution is 2.55. The predicted octanol–water partition coefficient (Wildman–Crippen LogP) is 1.42. The van der Waals surface area contributed by atoms with Gasteiger partial charge in [0.1, 0.15) is 6.04 Å². The average Bonchev–Trinajstić information content (AvgIpc) is 2.76. The minimum atomic E-state index is -0.0533. The molecule has 1 aliphatic carbocycles. The SMILES string of the molecule is COC(=O)[C@@H]1CC2(CC2)CN1C(C)C. The molecule has 0 amide bonds. The third-order valence-corrected chi connectivity index (χ3v) is 3.64. The van der Waals surface area contributed by atoms with Gasteiger partial charge in [-0.15, -0.1) is 0 Å². The van der Waals surface area contributed by atoms with E-state index in [1.54, 1.807) is 0 Å². The molecule has 1 aliphatic heterocycles. The average molecular weight is 197 g/mol. The molecule has 1 spiro atoms. The zero-order valence-corrected chi connectivity index (χ0v) is 9.25. The van der Waals surface area contributed by atoms with E-state index < -0.39 is 0 Å². The molecule has 0 radical (unpaired) electrons. The van der Waals surface area contributed by atoms with Gasteiger partial charge in [-0.3, -0.25) is 9.69 Å². The number of likely N-dealkylation sites (tertiary alicyclic amines) is 1. The van der Waals surface area contributed by atoms with Crippen molar-refractivity contribution in [2.75, 3.05) is 13.7 Å². The molecule has 2 fully saturated rings. The van der Waals surface area contributed by atoms with Crippen LogP contribution in [0, 0.1) is 5.41 Å². The van der Waals surface area contributed by atoms with Gasteiger partial charge >= 0.3 is 5.97 Å². The normalized spacial score (nSPS) is 29.9. The number of rotatable bonds is 2. The standard InChI is InChI=1S/C11H19NO2/c1-8(2)12-7-11(4-5-11)6-9(12)10(13)14-3/h8-9H,4-7H2,1-3H3/t9-/m0/s1. The first-order valence-corrected chi connectivity index (χ1v) is 5.41. The van der Waals surface area contributed by atoms with Gasteiger partial charge in [-0.25, -0.2) is 0 Å². The first-order valence-electron chi connectivity index (χ1n) is 5.41. The molecule has 0 unspecified atom stereocenters. The smallest absolute Gasteiger partial charge is 0.323 e. The Morgan fingerprint density at radius 2 is 2.14 bits per heavy atom. The molecule has 2 aliphatic rings. The Hall–Kier alpha value is -0.570. The van der Waals surface area contributed by atoms with Gasteiger partial charge in [0.2, 0.25) is 0 Å². The van der Waals surface area contributed by atoms with E-state index in [1.807, 2.05) is 0 Å². The van der Waals surface area contributed by atoms with Gasteiger partial charge in [-0.05, 0) is 38.5 Å². The predicted molar refractivity (Wildman–Crippen MR) is 53.9 cm³/mol. The maximum atomic E-state index is 11.6. The summed E-state index contributed by atoms with van der Waals surface area (Å²) in [4.78, 5) is 13.9. The number of carbonyl (C=O) groups excluding carboxylic acids is 1. The summed E-state index contributed by atoms with van der Waals surface area (Å²) in [6.45, 7) is 5.39. The summed E-state index contributed by atoms with van der Waals surface area (Å²) in [6.07, 6.45) is 3.60. The van der Waals surface area contributed by atoms with Crippen LogP contribution in [0.4, 0.5) is 0 Å². The maximum absolute atomic E-state index is 11.6. The highest BCUT2D eigenvalue weighted by atomic mass is 16.5. The third-order valence-electron chi connectivity index (χ3n) is 3.64. The molecule has 0 aromatic heterocycles. The van der Waals surface area contributed by atoms with E-state index in [9.17, 15) is 4.79 Å². The Morgan fingerprint density at radius 3 is 2.57 bits per heavy atom. The number of hydrogen-bond acceptors (Lipinski definition) is 3. The quantitative estimate of drug-likeness (QED) is 0.627. The van der Waals surface area contributed by atoms with Crippen LogP contribution in [0.25, 0.3) is 0 Å². The zero-order valence-electron chi connectivity index (χ0n) is 9.25. The summed E-state index contributed by atoms with van der Waals surface area (Å²) in [5, 5.41) is 0. The summed E-state index contributed by atoms with van der Waals surface area (Å²) in [7, 11) is 1.48. The molecule has 1 heterocycles. The second-order valence-electron chi connectivity index (χ2n) is 5.01.